The van der Waals surface area contributed by atoms with Crippen molar-refractivity contribution in [1.29, 1.82) is 0 Å². The summed E-state index contributed by atoms with van der Waals surface area (Å²) in [5, 5.41) is 1.75. The van der Waals surface area contributed by atoms with Crippen LogP contribution in [0.4, 0.5) is 0 Å². The van der Waals surface area contributed by atoms with Crippen molar-refractivity contribution in [1.82, 2.24) is 4.98 Å². The monoisotopic (exact) mass is 358 g/mol. The molecule has 1 aromatic heterocycles. The molecule has 0 radical (unpaired) electrons. The first-order valence-corrected chi connectivity index (χ1v) is 7.70. The van der Waals surface area contributed by atoms with Gasteiger partial charge in [0.05, 0.1) is 5.52 Å². The summed E-state index contributed by atoms with van der Waals surface area (Å²) < 4.78 is 0. The van der Waals surface area contributed by atoms with Crippen LogP contribution in [-0.4, -0.2) is 16.9 Å². The Morgan fingerprint density at radius 3 is 2.42 bits per heavy atom. The molecule has 0 saturated carbocycles. The SMILES string of the molecule is NC(N)=NC(=O)c1ccc2nccc(-c3c(Cl)cccc3Cl)c2c1. The van der Waals surface area contributed by atoms with Crippen LogP contribution in [0.1, 0.15) is 10.4 Å². The third-order valence-electron chi connectivity index (χ3n) is 3.45. The number of rotatable bonds is 2. The predicted octanol–water partition coefficient (Wildman–Crippen LogP) is 3.62. The number of aliphatic imine (C=N–C) groups is 1. The zero-order valence-electron chi connectivity index (χ0n) is 12.3. The molecular formula is C17H12Cl2N4O. The Morgan fingerprint density at radius 1 is 1.04 bits per heavy atom. The van der Waals surface area contributed by atoms with E-state index in [1.807, 2.05) is 0 Å². The minimum atomic E-state index is -0.531. The predicted molar refractivity (Wildman–Crippen MR) is 97.3 cm³/mol. The maximum absolute atomic E-state index is 12.1. The average Bonchev–Trinajstić information content (AvgIpc) is 2.53. The number of nitrogens with two attached hydrogens (primary N) is 2. The highest BCUT2D eigenvalue weighted by Gasteiger charge is 2.14. The van der Waals surface area contributed by atoms with Gasteiger partial charge in [0.15, 0.2) is 5.96 Å². The first-order valence-electron chi connectivity index (χ1n) is 6.94. The van der Waals surface area contributed by atoms with E-state index in [0.29, 0.717) is 26.7 Å². The number of hydrogen-bond donors (Lipinski definition) is 2. The van der Waals surface area contributed by atoms with Crippen LogP contribution in [0.15, 0.2) is 53.7 Å². The highest BCUT2D eigenvalue weighted by atomic mass is 35.5. The molecule has 0 atom stereocenters. The summed E-state index contributed by atoms with van der Waals surface area (Å²) in [5.41, 5.74) is 13.0. The van der Waals surface area contributed by atoms with E-state index in [0.717, 1.165) is 10.9 Å². The number of carbonyl (C=O) groups excluding carboxylic acids is 1. The number of carbonyl (C=O) groups is 1. The van der Waals surface area contributed by atoms with Gasteiger partial charge in [0.2, 0.25) is 0 Å². The molecule has 4 N–H and O–H groups in total. The summed E-state index contributed by atoms with van der Waals surface area (Å²) >= 11 is 12.6. The molecule has 0 unspecified atom stereocenters. The fourth-order valence-corrected chi connectivity index (χ4v) is 3.04. The summed E-state index contributed by atoms with van der Waals surface area (Å²) in [7, 11) is 0. The number of hydrogen-bond acceptors (Lipinski definition) is 2. The zero-order chi connectivity index (χ0) is 17.3. The van der Waals surface area contributed by atoms with Crippen LogP contribution in [0.2, 0.25) is 10.0 Å². The highest BCUT2D eigenvalue weighted by molar-refractivity contribution is 6.39. The molecule has 0 aliphatic rings. The number of fused-ring (bicyclic) bond motifs is 1. The number of amides is 1. The fourth-order valence-electron chi connectivity index (χ4n) is 2.43. The topological polar surface area (TPSA) is 94.4 Å². The molecule has 24 heavy (non-hydrogen) atoms. The molecule has 1 amide bonds. The standard InChI is InChI=1S/C17H12Cl2N4O/c18-12-2-1-3-13(19)15(12)10-6-7-22-14-5-4-9(8-11(10)14)16(24)23-17(20)21/h1-8H,(H4,20,21,23,24). The van der Waals surface area contributed by atoms with Gasteiger partial charge in [-0.05, 0) is 42.0 Å². The molecule has 0 spiro atoms. The summed E-state index contributed by atoms with van der Waals surface area (Å²) in [6.07, 6.45) is 1.66. The molecule has 0 aliphatic carbocycles. The molecule has 7 heteroatoms. The van der Waals surface area contributed by atoms with Gasteiger partial charge in [-0.3, -0.25) is 9.78 Å². The Morgan fingerprint density at radius 2 is 1.75 bits per heavy atom. The summed E-state index contributed by atoms with van der Waals surface area (Å²) in [4.78, 5) is 19.9. The van der Waals surface area contributed by atoms with Gasteiger partial charge in [0, 0.05) is 32.8 Å². The van der Waals surface area contributed by atoms with Crippen molar-refractivity contribution in [2.75, 3.05) is 0 Å². The second-order valence-corrected chi connectivity index (χ2v) is 5.84. The normalized spacial score (nSPS) is 10.6. The van der Waals surface area contributed by atoms with Crippen molar-refractivity contribution in [3.05, 3.63) is 64.3 Å². The van der Waals surface area contributed by atoms with Crippen molar-refractivity contribution >= 4 is 46.0 Å². The molecule has 0 bridgehead atoms. The van der Waals surface area contributed by atoms with Crippen molar-refractivity contribution in [2.45, 2.75) is 0 Å². The third-order valence-corrected chi connectivity index (χ3v) is 4.08. The molecule has 1 heterocycles. The molecule has 0 aliphatic heterocycles. The smallest absolute Gasteiger partial charge is 0.280 e. The van der Waals surface area contributed by atoms with Gasteiger partial charge in [-0.15, -0.1) is 0 Å². The Hall–Kier alpha value is -2.63. The van der Waals surface area contributed by atoms with Gasteiger partial charge in [-0.1, -0.05) is 29.3 Å². The van der Waals surface area contributed by atoms with Gasteiger partial charge in [0.1, 0.15) is 0 Å². The number of halogens is 2. The molecule has 0 fully saturated rings. The highest BCUT2D eigenvalue weighted by Crippen LogP contribution is 2.38. The van der Waals surface area contributed by atoms with Crippen LogP contribution in [0.3, 0.4) is 0 Å². The lowest BCUT2D eigenvalue weighted by molar-refractivity contribution is 0.100. The number of nitrogens with zero attached hydrogens (tertiary/aromatic N) is 2. The van der Waals surface area contributed by atoms with E-state index in [4.69, 9.17) is 34.7 Å². The molecule has 3 rings (SSSR count). The largest absolute Gasteiger partial charge is 0.370 e. The number of benzene rings is 2. The van der Waals surface area contributed by atoms with Crippen LogP contribution in [0.5, 0.6) is 0 Å². The van der Waals surface area contributed by atoms with Crippen LogP contribution < -0.4 is 11.5 Å². The van der Waals surface area contributed by atoms with E-state index in [1.54, 1.807) is 48.7 Å². The maximum Gasteiger partial charge on any atom is 0.280 e. The summed E-state index contributed by atoms with van der Waals surface area (Å²) in [6.45, 7) is 0. The summed E-state index contributed by atoms with van der Waals surface area (Å²) in [5.74, 6) is -0.822. The van der Waals surface area contributed by atoms with E-state index in [1.165, 1.54) is 0 Å². The van der Waals surface area contributed by atoms with E-state index < -0.39 is 5.91 Å². The van der Waals surface area contributed by atoms with Crippen molar-refractivity contribution < 1.29 is 4.79 Å². The van der Waals surface area contributed by atoms with Gasteiger partial charge in [-0.2, -0.15) is 4.99 Å². The zero-order valence-corrected chi connectivity index (χ0v) is 13.8. The first-order chi connectivity index (χ1) is 11.5. The lowest BCUT2D eigenvalue weighted by Crippen LogP contribution is -2.24. The lowest BCUT2D eigenvalue weighted by atomic mass is 9.99. The Labute approximate surface area is 147 Å². The number of aromatic nitrogens is 1. The van der Waals surface area contributed by atoms with Crippen molar-refractivity contribution in [3.63, 3.8) is 0 Å². The Bertz CT molecular complexity index is 961. The van der Waals surface area contributed by atoms with E-state index in [2.05, 4.69) is 9.98 Å². The minimum Gasteiger partial charge on any atom is -0.370 e. The van der Waals surface area contributed by atoms with Gasteiger partial charge >= 0.3 is 0 Å². The van der Waals surface area contributed by atoms with Gasteiger partial charge < -0.3 is 11.5 Å². The van der Waals surface area contributed by atoms with E-state index in [-0.39, 0.29) is 5.96 Å². The Kier molecular flexibility index (Phi) is 4.38. The molecule has 3 aromatic rings. The fraction of sp³-hybridized carbons (Fsp3) is 0. The maximum atomic E-state index is 12.1. The first kappa shape index (κ1) is 16.2. The quantitative estimate of drug-likeness (QED) is 0.540. The van der Waals surface area contributed by atoms with Gasteiger partial charge in [0.25, 0.3) is 5.91 Å². The lowest BCUT2D eigenvalue weighted by Gasteiger charge is -2.11. The molecule has 120 valence electrons. The molecule has 2 aromatic carbocycles. The summed E-state index contributed by atoms with van der Waals surface area (Å²) in [6, 6.07) is 12.1. The van der Waals surface area contributed by atoms with E-state index >= 15 is 0 Å². The second-order valence-electron chi connectivity index (χ2n) is 5.03. The average molecular weight is 359 g/mol. The minimum absolute atomic E-state index is 0.291. The molecule has 0 saturated heterocycles. The van der Waals surface area contributed by atoms with Crippen LogP contribution >= 0.6 is 23.2 Å². The van der Waals surface area contributed by atoms with Crippen LogP contribution in [0.25, 0.3) is 22.0 Å². The van der Waals surface area contributed by atoms with Crippen molar-refractivity contribution in [2.24, 2.45) is 16.5 Å². The Balaban J connectivity index is 2.26. The number of pyridine rings is 1. The molecule has 5 nitrogen and oxygen atoms in total. The molecular weight excluding hydrogens is 347 g/mol. The van der Waals surface area contributed by atoms with Crippen LogP contribution in [0, 0.1) is 0 Å². The van der Waals surface area contributed by atoms with Crippen molar-refractivity contribution in [3.8, 4) is 11.1 Å². The third kappa shape index (κ3) is 3.04. The number of guanidine groups is 1. The van der Waals surface area contributed by atoms with E-state index in [9.17, 15) is 4.79 Å². The van der Waals surface area contributed by atoms with Gasteiger partial charge in [-0.25, -0.2) is 0 Å². The second kappa shape index (κ2) is 6.47. The van der Waals surface area contributed by atoms with Crippen LogP contribution in [-0.2, 0) is 0 Å².